The maximum Gasteiger partial charge on any atom is 0.253 e. The highest BCUT2D eigenvalue weighted by Crippen LogP contribution is 2.12. The highest BCUT2D eigenvalue weighted by molar-refractivity contribution is 5.99. The number of H-pyrrole nitrogens is 1. The molecule has 2 aromatic rings. The summed E-state index contributed by atoms with van der Waals surface area (Å²) >= 11 is 0. The Morgan fingerprint density at radius 3 is 3.00 bits per heavy atom. The summed E-state index contributed by atoms with van der Waals surface area (Å²) in [5.41, 5.74) is 5.94. The van der Waals surface area contributed by atoms with Crippen LogP contribution in [0.25, 0.3) is 0 Å². The molecule has 0 radical (unpaired) electrons. The zero-order valence-corrected chi connectivity index (χ0v) is 9.48. The number of hydrogen-bond donors (Lipinski definition) is 3. The van der Waals surface area contributed by atoms with Crippen LogP contribution in [-0.2, 0) is 6.42 Å². The van der Waals surface area contributed by atoms with E-state index in [-0.39, 0.29) is 17.2 Å². The van der Waals surface area contributed by atoms with Crippen LogP contribution in [-0.4, -0.2) is 27.6 Å². The van der Waals surface area contributed by atoms with Crippen molar-refractivity contribution in [1.29, 1.82) is 0 Å². The number of nitrogens with one attached hydrogen (secondary N) is 2. The van der Waals surface area contributed by atoms with Crippen LogP contribution in [0.3, 0.4) is 0 Å². The number of amides is 1. The molecule has 0 spiro atoms. The Hall–Kier alpha value is -2.44. The summed E-state index contributed by atoms with van der Waals surface area (Å²) in [6, 6.07) is 3.67. The lowest BCUT2D eigenvalue weighted by atomic mass is 10.1. The summed E-state index contributed by atoms with van der Waals surface area (Å²) in [6.07, 6.45) is 1.93. The minimum atomic E-state index is -0.467. The molecule has 2 rings (SSSR count). The fraction of sp³-hybridized carbons (Fsp3) is 0.182. The van der Waals surface area contributed by atoms with Crippen LogP contribution in [0, 0.1) is 5.82 Å². The Labute approximate surface area is 102 Å². The maximum atomic E-state index is 12.8. The Morgan fingerprint density at radius 2 is 2.33 bits per heavy atom. The number of benzene rings is 1. The van der Waals surface area contributed by atoms with Gasteiger partial charge < -0.3 is 11.1 Å². The zero-order chi connectivity index (χ0) is 13.0. The Kier molecular flexibility index (Phi) is 3.52. The molecule has 0 bridgehead atoms. The first-order valence-electron chi connectivity index (χ1n) is 5.34. The number of nitrogens with two attached hydrogens (primary N) is 1. The SMILES string of the molecule is Nc1cc(F)ccc1C(=O)NCCc1ncn[nH]1. The topological polar surface area (TPSA) is 96.7 Å². The van der Waals surface area contributed by atoms with Gasteiger partial charge in [0.15, 0.2) is 0 Å². The minimum Gasteiger partial charge on any atom is -0.398 e. The number of halogens is 1. The molecule has 0 atom stereocenters. The zero-order valence-electron chi connectivity index (χ0n) is 9.48. The lowest BCUT2D eigenvalue weighted by Crippen LogP contribution is -2.26. The third-order valence-corrected chi connectivity index (χ3v) is 2.37. The van der Waals surface area contributed by atoms with Crippen molar-refractivity contribution in [3.63, 3.8) is 0 Å². The van der Waals surface area contributed by atoms with E-state index in [0.29, 0.717) is 18.8 Å². The second kappa shape index (κ2) is 5.26. The first kappa shape index (κ1) is 12.0. The summed E-state index contributed by atoms with van der Waals surface area (Å²) in [4.78, 5) is 15.7. The molecule has 0 aliphatic rings. The lowest BCUT2D eigenvalue weighted by Gasteiger charge is -2.06. The number of hydrogen-bond acceptors (Lipinski definition) is 4. The molecule has 1 amide bonds. The van der Waals surface area contributed by atoms with E-state index in [9.17, 15) is 9.18 Å². The van der Waals surface area contributed by atoms with Crippen molar-refractivity contribution in [1.82, 2.24) is 20.5 Å². The van der Waals surface area contributed by atoms with E-state index in [2.05, 4.69) is 20.5 Å². The van der Waals surface area contributed by atoms with Gasteiger partial charge in [0, 0.05) is 18.7 Å². The van der Waals surface area contributed by atoms with Gasteiger partial charge in [-0.15, -0.1) is 0 Å². The Balaban J connectivity index is 1.91. The summed E-state index contributed by atoms with van der Waals surface area (Å²) in [5.74, 6) is -0.125. The number of nitrogen functional groups attached to an aromatic ring is 1. The number of carbonyl (C=O) groups excluding carboxylic acids is 1. The summed E-state index contributed by atoms with van der Waals surface area (Å²) in [7, 11) is 0. The van der Waals surface area contributed by atoms with Crippen LogP contribution < -0.4 is 11.1 Å². The molecule has 0 saturated carbocycles. The molecule has 7 heteroatoms. The van der Waals surface area contributed by atoms with Gasteiger partial charge in [-0.2, -0.15) is 5.10 Å². The van der Waals surface area contributed by atoms with Gasteiger partial charge in [-0.05, 0) is 18.2 Å². The molecule has 1 aromatic heterocycles. The number of nitrogens with zero attached hydrogens (tertiary/aromatic N) is 2. The molecule has 18 heavy (non-hydrogen) atoms. The Morgan fingerprint density at radius 1 is 1.50 bits per heavy atom. The number of aromatic amines is 1. The standard InChI is InChI=1S/C11H12FN5O/c12-7-1-2-8(9(13)5-7)11(18)14-4-3-10-15-6-16-17-10/h1-2,5-6H,3-4,13H2,(H,14,18)(H,15,16,17). The van der Waals surface area contributed by atoms with Gasteiger partial charge in [-0.1, -0.05) is 0 Å². The molecule has 94 valence electrons. The third-order valence-electron chi connectivity index (χ3n) is 2.37. The van der Waals surface area contributed by atoms with Gasteiger partial charge in [0.2, 0.25) is 0 Å². The Bertz CT molecular complexity index is 540. The summed E-state index contributed by atoms with van der Waals surface area (Å²) in [5, 5.41) is 9.04. The summed E-state index contributed by atoms with van der Waals surface area (Å²) in [6.45, 7) is 0.394. The van der Waals surface area contributed by atoms with Crippen LogP contribution in [0.5, 0.6) is 0 Å². The lowest BCUT2D eigenvalue weighted by molar-refractivity contribution is 0.0955. The van der Waals surface area contributed by atoms with Gasteiger partial charge in [0.1, 0.15) is 18.0 Å². The molecule has 4 N–H and O–H groups in total. The minimum absolute atomic E-state index is 0.118. The van der Waals surface area contributed by atoms with Gasteiger partial charge in [-0.3, -0.25) is 9.89 Å². The molecule has 0 aliphatic carbocycles. The first-order chi connectivity index (χ1) is 8.66. The van der Waals surface area contributed by atoms with Crippen molar-refractivity contribution < 1.29 is 9.18 Å². The molecule has 1 aromatic carbocycles. The van der Waals surface area contributed by atoms with Crippen molar-refractivity contribution in [3.8, 4) is 0 Å². The second-order valence-electron chi connectivity index (χ2n) is 3.67. The normalized spacial score (nSPS) is 10.3. The predicted octanol–water partition coefficient (Wildman–Crippen LogP) is 0.499. The molecule has 0 aliphatic heterocycles. The molecule has 0 saturated heterocycles. The molecule has 1 heterocycles. The average Bonchev–Trinajstić information content (AvgIpc) is 2.81. The molecule has 6 nitrogen and oxygen atoms in total. The van der Waals surface area contributed by atoms with Crippen molar-refractivity contribution >= 4 is 11.6 Å². The van der Waals surface area contributed by atoms with Crippen molar-refractivity contribution in [2.24, 2.45) is 0 Å². The van der Waals surface area contributed by atoms with Gasteiger partial charge in [0.05, 0.1) is 5.56 Å². The number of aromatic nitrogens is 3. The summed E-state index contributed by atoms with van der Waals surface area (Å²) < 4.78 is 12.8. The van der Waals surface area contributed by atoms with E-state index in [0.717, 1.165) is 6.07 Å². The first-order valence-corrected chi connectivity index (χ1v) is 5.34. The van der Waals surface area contributed by atoms with Gasteiger partial charge in [0.25, 0.3) is 5.91 Å². The third kappa shape index (κ3) is 2.82. The van der Waals surface area contributed by atoms with Crippen LogP contribution in [0.1, 0.15) is 16.2 Å². The average molecular weight is 249 g/mol. The number of carbonyl (C=O) groups is 1. The van der Waals surface area contributed by atoms with Crippen molar-refractivity contribution in [3.05, 3.63) is 41.7 Å². The molecule has 0 unspecified atom stereocenters. The maximum absolute atomic E-state index is 12.8. The van der Waals surface area contributed by atoms with E-state index in [4.69, 9.17) is 5.73 Å². The van der Waals surface area contributed by atoms with Gasteiger partial charge in [-0.25, -0.2) is 9.37 Å². The van der Waals surface area contributed by atoms with Crippen LogP contribution in [0.4, 0.5) is 10.1 Å². The fourth-order valence-corrected chi connectivity index (χ4v) is 1.48. The monoisotopic (exact) mass is 249 g/mol. The van der Waals surface area contributed by atoms with Crippen LogP contribution in [0.15, 0.2) is 24.5 Å². The van der Waals surface area contributed by atoms with E-state index < -0.39 is 5.82 Å². The predicted molar refractivity (Wildman–Crippen MR) is 63.2 cm³/mol. The van der Waals surface area contributed by atoms with Crippen LogP contribution >= 0.6 is 0 Å². The highest BCUT2D eigenvalue weighted by Gasteiger charge is 2.09. The highest BCUT2D eigenvalue weighted by atomic mass is 19.1. The molecular weight excluding hydrogens is 237 g/mol. The van der Waals surface area contributed by atoms with Crippen molar-refractivity contribution in [2.45, 2.75) is 6.42 Å². The quantitative estimate of drug-likeness (QED) is 0.687. The van der Waals surface area contributed by atoms with E-state index >= 15 is 0 Å². The number of rotatable bonds is 4. The van der Waals surface area contributed by atoms with E-state index in [1.165, 1.54) is 18.5 Å². The molecule has 0 fully saturated rings. The number of anilines is 1. The second-order valence-corrected chi connectivity index (χ2v) is 3.67. The van der Waals surface area contributed by atoms with Crippen LogP contribution in [0.2, 0.25) is 0 Å². The largest absolute Gasteiger partial charge is 0.398 e. The smallest absolute Gasteiger partial charge is 0.253 e. The fourth-order valence-electron chi connectivity index (χ4n) is 1.48. The van der Waals surface area contributed by atoms with E-state index in [1.54, 1.807) is 0 Å². The van der Waals surface area contributed by atoms with Crippen molar-refractivity contribution in [2.75, 3.05) is 12.3 Å². The van der Waals surface area contributed by atoms with E-state index in [1.807, 2.05) is 0 Å². The van der Waals surface area contributed by atoms with Gasteiger partial charge >= 0.3 is 0 Å². The molecular formula is C11H12FN5O.